The van der Waals surface area contributed by atoms with Crippen molar-refractivity contribution in [3.8, 4) is 0 Å². The van der Waals surface area contributed by atoms with Crippen LogP contribution in [0.5, 0.6) is 0 Å². The Bertz CT molecular complexity index is 751. The summed E-state index contributed by atoms with van der Waals surface area (Å²) in [7, 11) is 1.77. The molecule has 0 aliphatic carbocycles. The van der Waals surface area contributed by atoms with Crippen LogP contribution in [0.15, 0.2) is 24.8 Å². The average molecular weight is 302 g/mol. The van der Waals surface area contributed by atoms with E-state index >= 15 is 0 Å². The predicted octanol–water partition coefficient (Wildman–Crippen LogP) is 1.43. The Labute approximate surface area is 124 Å². The van der Waals surface area contributed by atoms with Crippen molar-refractivity contribution in [1.82, 2.24) is 25.3 Å². The van der Waals surface area contributed by atoms with Crippen molar-refractivity contribution >= 4 is 33.3 Å². The molecule has 0 fully saturated rings. The van der Waals surface area contributed by atoms with Gasteiger partial charge in [0.15, 0.2) is 0 Å². The van der Waals surface area contributed by atoms with Gasteiger partial charge in [-0.25, -0.2) is 15.0 Å². The number of rotatable bonds is 5. The molecule has 0 aliphatic rings. The Hall–Kier alpha value is -2.48. The van der Waals surface area contributed by atoms with Gasteiger partial charge in [-0.05, 0) is 0 Å². The molecule has 3 aromatic rings. The summed E-state index contributed by atoms with van der Waals surface area (Å²) in [6.07, 6.45) is 7.36. The van der Waals surface area contributed by atoms with Gasteiger partial charge in [-0.3, -0.25) is 4.79 Å². The van der Waals surface area contributed by atoms with Crippen LogP contribution < -0.4 is 10.6 Å². The van der Waals surface area contributed by atoms with Crippen LogP contribution in [0.25, 0.3) is 10.3 Å². The van der Waals surface area contributed by atoms with Gasteiger partial charge in [0, 0.05) is 44.8 Å². The molecule has 0 bridgehead atoms. The standard InChI is InChI=1S/C13H14N6OS/c1-14-9-10-13(19-7-6-17-10)21-11(9)12(20)18-3-2-8-15-4-5-16-8/h4-7,14H,2-3H2,1H3,(H,15,16)(H,18,20). The highest BCUT2D eigenvalue weighted by Crippen LogP contribution is 2.32. The number of hydrogen-bond acceptors (Lipinski definition) is 6. The number of anilines is 1. The highest BCUT2D eigenvalue weighted by Gasteiger charge is 2.18. The third-order valence-corrected chi connectivity index (χ3v) is 4.07. The summed E-state index contributed by atoms with van der Waals surface area (Å²) in [5, 5.41) is 5.92. The Morgan fingerprint density at radius 3 is 2.90 bits per heavy atom. The molecule has 0 unspecified atom stereocenters. The minimum atomic E-state index is -0.129. The van der Waals surface area contributed by atoms with Crippen molar-refractivity contribution < 1.29 is 4.79 Å². The first-order chi connectivity index (χ1) is 10.3. The average Bonchev–Trinajstić information content (AvgIpc) is 3.13. The van der Waals surface area contributed by atoms with Crippen LogP contribution in [0.1, 0.15) is 15.5 Å². The number of H-pyrrole nitrogens is 1. The van der Waals surface area contributed by atoms with Gasteiger partial charge in [0.05, 0.1) is 5.69 Å². The van der Waals surface area contributed by atoms with Crippen LogP contribution in [-0.2, 0) is 6.42 Å². The summed E-state index contributed by atoms with van der Waals surface area (Å²) in [5.74, 6) is 0.722. The molecule has 8 heteroatoms. The van der Waals surface area contributed by atoms with Crippen LogP contribution in [0.2, 0.25) is 0 Å². The number of carbonyl (C=O) groups is 1. The molecule has 3 heterocycles. The molecule has 0 spiro atoms. The van der Waals surface area contributed by atoms with E-state index in [1.54, 1.807) is 31.8 Å². The number of amides is 1. The van der Waals surface area contributed by atoms with Crippen LogP contribution in [0, 0.1) is 0 Å². The van der Waals surface area contributed by atoms with Crippen molar-refractivity contribution in [1.29, 1.82) is 0 Å². The van der Waals surface area contributed by atoms with E-state index in [0.717, 1.165) is 21.9 Å². The number of aromatic nitrogens is 4. The van der Waals surface area contributed by atoms with E-state index < -0.39 is 0 Å². The minimum Gasteiger partial charge on any atom is -0.385 e. The number of carbonyl (C=O) groups excluding carboxylic acids is 1. The Kier molecular flexibility index (Phi) is 3.78. The summed E-state index contributed by atoms with van der Waals surface area (Å²) in [5.41, 5.74) is 1.44. The maximum Gasteiger partial charge on any atom is 0.263 e. The molecule has 3 rings (SSSR count). The van der Waals surface area contributed by atoms with Gasteiger partial charge in [-0.1, -0.05) is 0 Å². The molecule has 0 radical (unpaired) electrons. The molecule has 1 amide bonds. The Morgan fingerprint density at radius 1 is 1.29 bits per heavy atom. The number of aromatic amines is 1. The van der Waals surface area contributed by atoms with E-state index in [9.17, 15) is 4.79 Å². The van der Waals surface area contributed by atoms with Crippen LogP contribution in [-0.4, -0.2) is 39.4 Å². The maximum atomic E-state index is 12.3. The number of hydrogen-bond donors (Lipinski definition) is 3. The van der Waals surface area contributed by atoms with Crippen molar-refractivity contribution in [2.24, 2.45) is 0 Å². The highest BCUT2D eigenvalue weighted by molar-refractivity contribution is 7.21. The van der Waals surface area contributed by atoms with Crippen LogP contribution >= 0.6 is 11.3 Å². The zero-order valence-electron chi connectivity index (χ0n) is 11.4. The summed E-state index contributed by atoms with van der Waals surface area (Å²) in [4.78, 5) is 29.3. The van der Waals surface area contributed by atoms with Gasteiger partial charge in [-0.15, -0.1) is 11.3 Å². The van der Waals surface area contributed by atoms with E-state index in [4.69, 9.17) is 0 Å². The quantitative estimate of drug-likeness (QED) is 0.662. The largest absolute Gasteiger partial charge is 0.385 e. The smallest absolute Gasteiger partial charge is 0.263 e. The van der Waals surface area contributed by atoms with Crippen molar-refractivity contribution in [2.45, 2.75) is 6.42 Å². The highest BCUT2D eigenvalue weighted by atomic mass is 32.1. The molecule has 3 N–H and O–H groups in total. The first kappa shape index (κ1) is 13.5. The normalized spacial score (nSPS) is 10.7. The first-order valence-corrected chi connectivity index (χ1v) is 7.29. The third-order valence-electron chi connectivity index (χ3n) is 2.99. The fourth-order valence-corrected chi connectivity index (χ4v) is 3.05. The van der Waals surface area contributed by atoms with Gasteiger partial charge in [0.1, 0.15) is 21.0 Å². The van der Waals surface area contributed by atoms with E-state index in [1.165, 1.54) is 11.3 Å². The topological polar surface area (TPSA) is 95.6 Å². The van der Waals surface area contributed by atoms with E-state index in [-0.39, 0.29) is 5.91 Å². The van der Waals surface area contributed by atoms with Crippen molar-refractivity contribution in [3.05, 3.63) is 35.5 Å². The molecule has 108 valence electrons. The first-order valence-electron chi connectivity index (χ1n) is 6.47. The number of nitrogens with one attached hydrogen (secondary N) is 3. The second-order valence-electron chi connectivity index (χ2n) is 4.31. The van der Waals surface area contributed by atoms with E-state index in [1.807, 2.05) is 0 Å². The lowest BCUT2D eigenvalue weighted by molar-refractivity contribution is 0.0959. The van der Waals surface area contributed by atoms with Gasteiger partial charge in [0.25, 0.3) is 5.91 Å². The van der Waals surface area contributed by atoms with Crippen molar-refractivity contribution in [2.75, 3.05) is 18.9 Å². The van der Waals surface area contributed by atoms with Gasteiger partial charge < -0.3 is 15.6 Å². The summed E-state index contributed by atoms with van der Waals surface area (Å²) >= 11 is 1.33. The number of thiophene rings is 1. The molecular formula is C13H14N6OS. The van der Waals surface area contributed by atoms with Crippen LogP contribution in [0.3, 0.4) is 0 Å². The second kappa shape index (κ2) is 5.88. The van der Waals surface area contributed by atoms with E-state index in [2.05, 4.69) is 30.6 Å². The summed E-state index contributed by atoms with van der Waals surface area (Å²) in [6, 6.07) is 0. The van der Waals surface area contributed by atoms with E-state index in [0.29, 0.717) is 17.8 Å². The van der Waals surface area contributed by atoms with Gasteiger partial charge in [0.2, 0.25) is 0 Å². The SMILES string of the molecule is CNc1c(C(=O)NCCc2ncc[nH]2)sc2nccnc12. The molecule has 0 saturated carbocycles. The fourth-order valence-electron chi connectivity index (χ4n) is 2.03. The summed E-state index contributed by atoms with van der Waals surface area (Å²) < 4.78 is 0. The molecular weight excluding hydrogens is 288 g/mol. The fraction of sp³-hybridized carbons (Fsp3) is 0.231. The Balaban J connectivity index is 1.74. The number of imidazole rings is 1. The molecule has 3 aromatic heterocycles. The lowest BCUT2D eigenvalue weighted by Gasteiger charge is -2.04. The zero-order valence-corrected chi connectivity index (χ0v) is 12.2. The zero-order chi connectivity index (χ0) is 14.7. The lowest BCUT2D eigenvalue weighted by atomic mass is 10.3. The van der Waals surface area contributed by atoms with Crippen molar-refractivity contribution in [3.63, 3.8) is 0 Å². The van der Waals surface area contributed by atoms with Gasteiger partial charge >= 0.3 is 0 Å². The molecule has 0 saturated heterocycles. The molecule has 0 aromatic carbocycles. The molecule has 0 aliphatic heterocycles. The predicted molar refractivity (Wildman–Crippen MR) is 81.6 cm³/mol. The molecule has 21 heavy (non-hydrogen) atoms. The summed E-state index contributed by atoms with van der Waals surface area (Å²) in [6.45, 7) is 0.518. The molecule has 7 nitrogen and oxygen atoms in total. The third kappa shape index (κ3) is 2.70. The minimum absolute atomic E-state index is 0.129. The monoisotopic (exact) mass is 302 g/mol. The Morgan fingerprint density at radius 2 is 2.14 bits per heavy atom. The molecule has 0 atom stereocenters. The van der Waals surface area contributed by atoms with Gasteiger partial charge in [-0.2, -0.15) is 0 Å². The second-order valence-corrected chi connectivity index (χ2v) is 5.31. The number of nitrogens with zero attached hydrogens (tertiary/aromatic N) is 3. The maximum absolute atomic E-state index is 12.3. The lowest BCUT2D eigenvalue weighted by Crippen LogP contribution is -2.25. The van der Waals surface area contributed by atoms with Crippen LogP contribution in [0.4, 0.5) is 5.69 Å². The number of fused-ring (bicyclic) bond motifs is 1.